The summed E-state index contributed by atoms with van der Waals surface area (Å²) in [5.74, 6) is 1.36. The van der Waals surface area contributed by atoms with Crippen LogP contribution in [0.4, 0.5) is 0 Å². The normalized spacial score (nSPS) is 15.0. The third-order valence-corrected chi connectivity index (χ3v) is 1.49. The molecule has 0 aliphatic carbocycles. The van der Waals surface area contributed by atoms with Gasteiger partial charge in [0, 0.05) is 11.8 Å². The lowest BCUT2D eigenvalue weighted by atomic mass is 10.1. The maximum atomic E-state index is 5.54. The third-order valence-electron chi connectivity index (χ3n) is 1.07. The first-order chi connectivity index (χ1) is 3.18. The first-order valence-corrected chi connectivity index (χ1v) is 3.18. The van der Waals surface area contributed by atoms with Crippen molar-refractivity contribution in [2.75, 3.05) is 5.75 Å². The quantitative estimate of drug-likeness (QED) is 0.519. The van der Waals surface area contributed by atoms with Gasteiger partial charge in [-0.3, -0.25) is 0 Å². The average Bonchev–Trinajstić information content (AvgIpc) is 1.65. The topological polar surface area (TPSA) is 26.0 Å². The monoisotopic (exact) mass is 119 g/mol. The maximum absolute atomic E-state index is 5.54. The van der Waals surface area contributed by atoms with Crippen LogP contribution in [0.1, 0.15) is 13.8 Å². The second-order valence-corrected chi connectivity index (χ2v) is 2.46. The molecule has 1 unspecified atom stereocenters. The lowest BCUT2D eigenvalue weighted by molar-refractivity contribution is 0.536. The maximum Gasteiger partial charge on any atom is 0.0151 e. The van der Waals surface area contributed by atoms with Gasteiger partial charge in [-0.25, -0.2) is 0 Å². The van der Waals surface area contributed by atoms with Crippen LogP contribution in [-0.4, -0.2) is 11.8 Å². The molecular weight excluding hydrogens is 106 g/mol. The molecule has 0 aromatic carbocycles. The van der Waals surface area contributed by atoms with Crippen LogP contribution in [-0.2, 0) is 0 Å². The minimum absolute atomic E-state index is 0.267. The van der Waals surface area contributed by atoms with Gasteiger partial charge < -0.3 is 5.73 Å². The van der Waals surface area contributed by atoms with Crippen molar-refractivity contribution in [3.8, 4) is 0 Å². The Hall–Kier alpha value is 0.310. The standard InChI is InChI=1S/C5H13NS/c1-4(2)5(6)3-7/h4-5,7H,3,6H2,1-2H3. The van der Waals surface area contributed by atoms with Crippen LogP contribution in [0.15, 0.2) is 0 Å². The van der Waals surface area contributed by atoms with Gasteiger partial charge in [-0.05, 0) is 5.92 Å². The van der Waals surface area contributed by atoms with Gasteiger partial charge in [0.05, 0.1) is 0 Å². The summed E-state index contributed by atoms with van der Waals surface area (Å²) in [6.45, 7) is 4.20. The Kier molecular flexibility index (Phi) is 3.48. The molecule has 7 heavy (non-hydrogen) atoms. The number of hydrogen-bond acceptors (Lipinski definition) is 2. The zero-order valence-electron chi connectivity index (χ0n) is 4.89. The summed E-state index contributed by atoms with van der Waals surface area (Å²) in [6.07, 6.45) is 0. The smallest absolute Gasteiger partial charge is 0.0151 e. The predicted octanol–water partition coefficient (Wildman–Crippen LogP) is 0.899. The molecule has 1 nitrogen and oxygen atoms in total. The van der Waals surface area contributed by atoms with E-state index < -0.39 is 0 Å². The van der Waals surface area contributed by atoms with Crippen molar-refractivity contribution in [1.82, 2.24) is 0 Å². The van der Waals surface area contributed by atoms with Gasteiger partial charge in [0.1, 0.15) is 0 Å². The molecule has 0 fully saturated rings. The summed E-state index contributed by atoms with van der Waals surface area (Å²) in [7, 11) is 0. The summed E-state index contributed by atoms with van der Waals surface area (Å²) in [5, 5.41) is 0. The molecule has 1 atom stereocenters. The van der Waals surface area contributed by atoms with Crippen molar-refractivity contribution in [3.63, 3.8) is 0 Å². The van der Waals surface area contributed by atoms with Gasteiger partial charge in [-0.2, -0.15) is 12.6 Å². The molecule has 0 amide bonds. The summed E-state index contributed by atoms with van der Waals surface area (Å²) in [6, 6.07) is 0.267. The number of nitrogens with two attached hydrogens (primary N) is 1. The Bertz CT molecular complexity index is 45.3. The molecule has 0 aliphatic heterocycles. The van der Waals surface area contributed by atoms with Gasteiger partial charge in [0.15, 0.2) is 0 Å². The molecule has 0 rings (SSSR count). The molecule has 0 aliphatic rings. The van der Waals surface area contributed by atoms with Crippen molar-refractivity contribution in [2.24, 2.45) is 11.7 Å². The Morgan fingerprint density at radius 2 is 2.00 bits per heavy atom. The van der Waals surface area contributed by atoms with E-state index in [1.807, 2.05) is 0 Å². The first-order valence-electron chi connectivity index (χ1n) is 2.55. The molecule has 2 heteroatoms. The SMILES string of the molecule is CC(C)C(N)CS. The van der Waals surface area contributed by atoms with E-state index in [1.54, 1.807) is 0 Å². The van der Waals surface area contributed by atoms with E-state index in [2.05, 4.69) is 26.5 Å². The highest BCUT2D eigenvalue weighted by atomic mass is 32.1. The molecule has 0 bridgehead atoms. The van der Waals surface area contributed by atoms with E-state index >= 15 is 0 Å². The molecule has 2 N–H and O–H groups in total. The summed E-state index contributed by atoms with van der Waals surface area (Å²) < 4.78 is 0. The Morgan fingerprint density at radius 3 is 2.00 bits per heavy atom. The van der Waals surface area contributed by atoms with E-state index in [0.29, 0.717) is 5.92 Å². The fourth-order valence-electron chi connectivity index (χ4n) is 0.211. The molecule has 0 saturated carbocycles. The van der Waals surface area contributed by atoms with Gasteiger partial charge >= 0.3 is 0 Å². The molecule has 0 spiro atoms. The molecule has 0 radical (unpaired) electrons. The van der Waals surface area contributed by atoms with Crippen LogP contribution in [0.25, 0.3) is 0 Å². The van der Waals surface area contributed by atoms with Crippen LogP contribution in [0.3, 0.4) is 0 Å². The van der Waals surface area contributed by atoms with E-state index in [4.69, 9.17) is 5.73 Å². The van der Waals surface area contributed by atoms with E-state index in [-0.39, 0.29) is 6.04 Å². The highest BCUT2D eigenvalue weighted by Crippen LogP contribution is 1.98. The minimum atomic E-state index is 0.267. The fraction of sp³-hybridized carbons (Fsp3) is 1.00. The van der Waals surface area contributed by atoms with Crippen molar-refractivity contribution in [3.05, 3.63) is 0 Å². The lowest BCUT2D eigenvalue weighted by Gasteiger charge is -2.10. The molecule has 0 heterocycles. The number of rotatable bonds is 2. The highest BCUT2D eigenvalue weighted by Gasteiger charge is 2.02. The third kappa shape index (κ3) is 2.94. The van der Waals surface area contributed by atoms with Gasteiger partial charge in [-0.1, -0.05) is 13.8 Å². The predicted molar refractivity (Wildman–Crippen MR) is 36.7 cm³/mol. The van der Waals surface area contributed by atoms with Crippen LogP contribution >= 0.6 is 12.6 Å². The largest absolute Gasteiger partial charge is 0.327 e. The molecular formula is C5H13NS. The Labute approximate surface area is 50.7 Å². The zero-order valence-corrected chi connectivity index (χ0v) is 5.78. The fourth-order valence-corrected chi connectivity index (χ4v) is 0.632. The molecule has 0 saturated heterocycles. The van der Waals surface area contributed by atoms with Crippen LogP contribution in [0.2, 0.25) is 0 Å². The van der Waals surface area contributed by atoms with Gasteiger partial charge in [-0.15, -0.1) is 0 Å². The average molecular weight is 119 g/mol. The summed E-state index contributed by atoms with van der Waals surface area (Å²) >= 11 is 4.03. The van der Waals surface area contributed by atoms with E-state index in [0.717, 1.165) is 5.75 Å². The first kappa shape index (κ1) is 7.31. The van der Waals surface area contributed by atoms with E-state index in [1.165, 1.54) is 0 Å². The number of thiol groups is 1. The minimum Gasteiger partial charge on any atom is -0.327 e. The summed E-state index contributed by atoms with van der Waals surface area (Å²) in [5.41, 5.74) is 5.54. The Balaban J connectivity index is 3.14. The Morgan fingerprint density at radius 1 is 1.57 bits per heavy atom. The van der Waals surface area contributed by atoms with Gasteiger partial charge in [0.2, 0.25) is 0 Å². The molecule has 0 aromatic heterocycles. The summed E-state index contributed by atoms with van der Waals surface area (Å²) in [4.78, 5) is 0. The van der Waals surface area contributed by atoms with Crippen LogP contribution in [0.5, 0.6) is 0 Å². The van der Waals surface area contributed by atoms with Crippen molar-refractivity contribution >= 4 is 12.6 Å². The van der Waals surface area contributed by atoms with E-state index in [9.17, 15) is 0 Å². The van der Waals surface area contributed by atoms with Crippen molar-refractivity contribution < 1.29 is 0 Å². The second kappa shape index (κ2) is 3.33. The van der Waals surface area contributed by atoms with Crippen molar-refractivity contribution in [1.29, 1.82) is 0 Å². The molecule has 0 aromatic rings. The lowest BCUT2D eigenvalue weighted by Crippen LogP contribution is -2.27. The van der Waals surface area contributed by atoms with Crippen LogP contribution < -0.4 is 5.73 Å². The van der Waals surface area contributed by atoms with Gasteiger partial charge in [0.25, 0.3) is 0 Å². The van der Waals surface area contributed by atoms with Crippen LogP contribution in [0, 0.1) is 5.92 Å². The highest BCUT2D eigenvalue weighted by molar-refractivity contribution is 7.80. The number of hydrogen-bond donors (Lipinski definition) is 2. The van der Waals surface area contributed by atoms with Crippen molar-refractivity contribution in [2.45, 2.75) is 19.9 Å². The second-order valence-electron chi connectivity index (χ2n) is 2.09. The zero-order chi connectivity index (χ0) is 5.86. The molecule has 44 valence electrons.